The van der Waals surface area contributed by atoms with Crippen molar-refractivity contribution >= 4 is 10.1 Å². The Hall–Kier alpha value is -0.580. The molecule has 0 saturated carbocycles. The van der Waals surface area contributed by atoms with E-state index in [-0.39, 0.29) is 0 Å². The third kappa shape index (κ3) is 3.81. The van der Waals surface area contributed by atoms with Crippen LogP contribution in [0, 0.1) is 0 Å². The van der Waals surface area contributed by atoms with E-state index < -0.39 is 34.6 Å². The first-order chi connectivity index (χ1) is 6.49. The fourth-order valence-corrected chi connectivity index (χ4v) is 0.964. The molecule has 0 aromatic rings. The Labute approximate surface area is 78.9 Å². The van der Waals surface area contributed by atoms with Crippen molar-refractivity contribution in [2.75, 3.05) is 0 Å². The molecule has 92 valence electrons. The van der Waals surface area contributed by atoms with E-state index in [4.69, 9.17) is 0 Å². The van der Waals surface area contributed by atoms with Crippen LogP contribution in [-0.4, -0.2) is 32.9 Å². The zero-order chi connectivity index (χ0) is 12.4. The van der Waals surface area contributed by atoms with Gasteiger partial charge in [0.25, 0.3) is 12.9 Å². The summed E-state index contributed by atoms with van der Waals surface area (Å²) in [4.78, 5) is 0. The lowest BCUT2D eigenvalue weighted by atomic mass is 10.4. The molecule has 0 heterocycles. The summed E-state index contributed by atoms with van der Waals surface area (Å²) in [6, 6.07) is 0. The fourth-order valence-electron chi connectivity index (χ4n) is 0.395. The first-order valence-corrected chi connectivity index (χ1v) is 4.45. The highest BCUT2D eigenvalue weighted by Crippen LogP contribution is 2.28. The average Bonchev–Trinajstić information content (AvgIpc) is 1.96. The molecule has 0 aliphatic carbocycles. The molecular formula is C4H3F7O3S. The molecular weight excluding hydrogens is 261 g/mol. The van der Waals surface area contributed by atoms with Crippen LogP contribution in [0.5, 0.6) is 0 Å². The Bertz CT molecular complexity index is 286. The quantitative estimate of drug-likeness (QED) is 0.441. The van der Waals surface area contributed by atoms with E-state index in [1.54, 1.807) is 0 Å². The maximum atomic E-state index is 11.6. The van der Waals surface area contributed by atoms with Gasteiger partial charge >= 0.3 is 15.6 Å². The van der Waals surface area contributed by atoms with Crippen molar-refractivity contribution in [1.29, 1.82) is 0 Å². The van der Waals surface area contributed by atoms with Crippen molar-refractivity contribution in [3.63, 3.8) is 0 Å². The molecule has 3 nitrogen and oxygen atoms in total. The number of hydrogen-bond acceptors (Lipinski definition) is 3. The van der Waals surface area contributed by atoms with Gasteiger partial charge in [0.05, 0.1) is 0 Å². The molecule has 0 spiro atoms. The molecule has 0 fully saturated rings. The molecule has 0 bridgehead atoms. The van der Waals surface area contributed by atoms with E-state index in [0.29, 0.717) is 0 Å². The van der Waals surface area contributed by atoms with Gasteiger partial charge in [-0.15, -0.1) is 0 Å². The van der Waals surface area contributed by atoms with Crippen LogP contribution < -0.4 is 0 Å². The number of alkyl halides is 7. The predicted octanol–water partition coefficient (Wildman–Crippen LogP) is 1.75. The molecule has 0 radical (unpaired) electrons. The summed E-state index contributed by atoms with van der Waals surface area (Å²) in [5.74, 6) is 0. The highest BCUT2D eigenvalue weighted by Gasteiger charge is 2.51. The van der Waals surface area contributed by atoms with Crippen LogP contribution in [0.2, 0.25) is 0 Å². The minimum absolute atomic E-state index is 2.67. The number of halogens is 7. The monoisotopic (exact) mass is 264 g/mol. The lowest BCUT2D eigenvalue weighted by Crippen LogP contribution is -2.37. The van der Waals surface area contributed by atoms with E-state index in [0.717, 1.165) is 0 Å². The van der Waals surface area contributed by atoms with Crippen molar-refractivity contribution in [1.82, 2.24) is 0 Å². The summed E-state index contributed by atoms with van der Waals surface area (Å²) >= 11 is 0. The van der Waals surface area contributed by atoms with E-state index in [1.807, 2.05) is 0 Å². The molecule has 0 atom stereocenters. The average molecular weight is 264 g/mol. The molecule has 0 saturated heterocycles. The summed E-state index contributed by atoms with van der Waals surface area (Å²) in [6.45, 7) is 0. The first-order valence-electron chi connectivity index (χ1n) is 3.05. The molecule has 0 rings (SSSR count). The highest BCUT2D eigenvalue weighted by molar-refractivity contribution is 7.87. The zero-order valence-corrected chi connectivity index (χ0v) is 7.33. The van der Waals surface area contributed by atoms with E-state index in [9.17, 15) is 39.2 Å². The van der Waals surface area contributed by atoms with Gasteiger partial charge in [0.15, 0.2) is 6.10 Å². The van der Waals surface area contributed by atoms with Crippen LogP contribution in [0.1, 0.15) is 0 Å². The molecule has 0 amide bonds. The smallest absolute Gasteiger partial charge is 0.248 e. The zero-order valence-electron chi connectivity index (χ0n) is 6.51. The van der Waals surface area contributed by atoms with E-state index >= 15 is 0 Å². The van der Waals surface area contributed by atoms with Gasteiger partial charge in [0, 0.05) is 0 Å². The Balaban J connectivity index is 4.85. The normalized spacial score (nSPS) is 14.3. The molecule has 0 unspecified atom stereocenters. The topological polar surface area (TPSA) is 43.4 Å². The Morgan fingerprint density at radius 2 is 1.27 bits per heavy atom. The summed E-state index contributed by atoms with van der Waals surface area (Å²) in [5.41, 5.74) is -6.02. The summed E-state index contributed by atoms with van der Waals surface area (Å²) < 4.78 is 104. The fraction of sp³-hybridized carbons (Fsp3) is 1.00. The number of rotatable bonds is 4. The third-order valence-corrected chi connectivity index (χ3v) is 2.06. The van der Waals surface area contributed by atoms with Gasteiger partial charge in [-0.05, 0) is 0 Å². The van der Waals surface area contributed by atoms with Crippen LogP contribution in [-0.2, 0) is 14.3 Å². The maximum absolute atomic E-state index is 11.6. The van der Waals surface area contributed by atoms with Crippen LogP contribution >= 0.6 is 0 Å². The van der Waals surface area contributed by atoms with Gasteiger partial charge in [-0.2, -0.15) is 21.6 Å². The highest BCUT2D eigenvalue weighted by atomic mass is 32.2. The van der Waals surface area contributed by atoms with Crippen molar-refractivity contribution < 1.29 is 43.3 Å². The van der Waals surface area contributed by atoms with Crippen LogP contribution in [0.4, 0.5) is 30.7 Å². The van der Waals surface area contributed by atoms with Crippen LogP contribution in [0.3, 0.4) is 0 Å². The van der Waals surface area contributed by atoms with Gasteiger partial charge in [0.2, 0.25) is 0 Å². The van der Waals surface area contributed by atoms with Gasteiger partial charge in [-0.3, -0.25) is 0 Å². The Morgan fingerprint density at radius 1 is 0.933 bits per heavy atom. The van der Waals surface area contributed by atoms with Crippen molar-refractivity contribution in [2.45, 2.75) is 24.5 Å². The molecule has 0 aliphatic rings. The maximum Gasteiger partial charge on any atom is 0.523 e. The van der Waals surface area contributed by atoms with Gasteiger partial charge in [-0.25, -0.2) is 21.7 Å². The van der Waals surface area contributed by atoms with Crippen molar-refractivity contribution in [3.05, 3.63) is 0 Å². The summed E-state index contributed by atoms with van der Waals surface area (Å²) in [7, 11) is -6.45. The third-order valence-electron chi connectivity index (χ3n) is 1.02. The lowest BCUT2D eigenvalue weighted by Gasteiger charge is -2.16. The van der Waals surface area contributed by atoms with Crippen molar-refractivity contribution in [3.8, 4) is 0 Å². The molecule has 0 aliphatic heterocycles. The standard InChI is InChI=1S/C4H3F7O3S/c5-2(6)1(3(7)8)14-15(12,13)4(9,10)11/h1-3H. The Kier molecular flexibility index (Phi) is 4.34. The van der Waals surface area contributed by atoms with Gasteiger partial charge in [-0.1, -0.05) is 0 Å². The predicted molar refractivity (Wildman–Crippen MR) is 31.9 cm³/mol. The van der Waals surface area contributed by atoms with Gasteiger partial charge < -0.3 is 0 Å². The molecule has 0 N–H and O–H groups in total. The van der Waals surface area contributed by atoms with Gasteiger partial charge in [0.1, 0.15) is 0 Å². The van der Waals surface area contributed by atoms with Crippen molar-refractivity contribution in [2.24, 2.45) is 0 Å². The summed E-state index contributed by atoms with van der Waals surface area (Å²) in [5, 5.41) is 0. The second-order valence-electron chi connectivity index (χ2n) is 2.13. The first kappa shape index (κ1) is 14.4. The summed E-state index contributed by atoms with van der Waals surface area (Å²) in [6.07, 6.45) is -11.7. The number of hydrogen-bond donors (Lipinski definition) is 0. The molecule has 15 heavy (non-hydrogen) atoms. The van der Waals surface area contributed by atoms with Crippen LogP contribution in [0.15, 0.2) is 0 Å². The minimum Gasteiger partial charge on any atom is -0.248 e. The van der Waals surface area contributed by atoms with E-state index in [2.05, 4.69) is 4.18 Å². The molecule has 0 aromatic heterocycles. The van der Waals surface area contributed by atoms with Crippen LogP contribution in [0.25, 0.3) is 0 Å². The second-order valence-corrected chi connectivity index (χ2v) is 3.69. The lowest BCUT2D eigenvalue weighted by molar-refractivity contribution is -0.0971. The largest absolute Gasteiger partial charge is 0.523 e. The second kappa shape index (κ2) is 4.51. The SMILES string of the molecule is O=S(=O)(OC(C(F)F)C(F)F)C(F)(F)F. The minimum atomic E-state index is -6.45. The Morgan fingerprint density at radius 3 is 1.47 bits per heavy atom. The van der Waals surface area contributed by atoms with E-state index in [1.165, 1.54) is 0 Å². The molecule has 11 heteroatoms. The molecule has 0 aromatic carbocycles.